The maximum Gasteiger partial charge on any atom is 0.122 e. The largest absolute Gasteiger partial charge is 0.493 e. The Bertz CT molecular complexity index is 377. The van der Waals surface area contributed by atoms with Crippen LogP contribution in [0.15, 0.2) is 18.2 Å². The third-order valence-corrected chi connectivity index (χ3v) is 3.86. The van der Waals surface area contributed by atoms with E-state index in [4.69, 9.17) is 27.9 Å². The van der Waals surface area contributed by atoms with Gasteiger partial charge in [0.05, 0.1) is 6.61 Å². The lowest BCUT2D eigenvalue weighted by Crippen LogP contribution is -2.18. The van der Waals surface area contributed by atoms with E-state index in [1.165, 1.54) is 0 Å². The summed E-state index contributed by atoms with van der Waals surface area (Å²) in [5.74, 6) is 1.00. The van der Waals surface area contributed by atoms with Gasteiger partial charge >= 0.3 is 0 Å². The Morgan fingerprint density at radius 3 is 2.41 bits per heavy atom. The summed E-state index contributed by atoms with van der Waals surface area (Å²) >= 11 is 11.7. The minimum Gasteiger partial charge on any atom is -0.493 e. The van der Waals surface area contributed by atoms with Gasteiger partial charge in [0.15, 0.2) is 0 Å². The average Bonchev–Trinajstić information content (AvgIpc) is 2.56. The van der Waals surface area contributed by atoms with Crippen molar-refractivity contribution in [1.29, 1.82) is 0 Å². The van der Waals surface area contributed by atoms with Gasteiger partial charge in [-0.2, -0.15) is 0 Å². The molecule has 1 aromatic rings. The zero-order valence-electron chi connectivity index (χ0n) is 9.63. The number of hydrogen-bond acceptors (Lipinski definition) is 1. The highest BCUT2D eigenvalue weighted by molar-refractivity contribution is 6.34. The molecule has 0 spiro atoms. The molecule has 94 valence electrons. The molecular formula is C13H15Cl2FO. The Hall–Kier alpha value is -0.470. The molecule has 1 aromatic carbocycles. The number of ether oxygens (including phenoxy) is 1. The van der Waals surface area contributed by atoms with Gasteiger partial charge in [-0.15, -0.1) is 0 Å². The van der Waals surface area contributed by atoms with Crippen molar-refractivity contribution >= 4 is 23.2 Å². The molecule has 2 rings (SSSR count). The summed E-state index contributed by atoms with van der Waals surface area (Å²) in [5.41, 5.74) is 0. The van der Waals surface area contributed by atoms with Crippen LogP contribution in [0, 0.1) is 11.8 Å². The van der Waals surface area contributed by atoms with Crippen molar-refractivity contribution < 1.29 is 9.13 Å². The first kappa shape index (κ1) is 13.0. The van der Waals surface area contributed by atoms with Gasteiger partial charge in [0.25, 0.3) is 0 Å². The van der Waals surface area contributed by atoms with Crippen LogP contribution in [-0.2, 0) is 0 Å². The molecule has 0 bridgehead atoms. The summed E-state index contributed by atoms with van der Waals surface area (Å²) in [4.78, 5) is 0. The highest BCUT2D eigenvalue weighted by Crippen LogP contribution is 2.34. The van der Waals surface area contributed by atoms with Crippen LogP contribution < -0.4 is 4.74 Å². The smallest absolute Gasteiger partial charge is 0.122 e. The second-order valence-electron chi connectivity index (χ2n) is 4.63. The van der Waals surface area contributed by atoms with E-state index in [1.807, 2.05) is 6.92 Å². The molecule has 17 heavy (non-hydrogen) atoms. The van der Waals surface area contributed by atoms with E-state index < -0.39 is 6.17 Å². The van der Waals surface area contributed by atoms with E-state index in [9.17, 15) is 4.39 Å². The Labute approximate surface area is 111 Å². The van der Waals surface area contributed by atoms with Gasteiger partial charge < -0.3 is 4.74 Å². The predicted octanol–water partition coefficient (Wildman–Crippen LogP) is 4.76. The summed E-state index contributed by atoms with van der Waals surface area (Å²) in [5, 5.41) is 1.10. The summed E-state index contributed by atoms with van der Waals surface area (Å²) in [6.07, 6.45) is 0.842. The summed E-state index contributed by atoms with van der Waals surface area (Å²) in [7, 11) is 0. The molecule has 1 fully saturated rings. The molecule has 1 aliphatic rings. The normalized spacial score (nSPS) is 28.4. The fourth-order valence-corrected chi connectivity index (χ4v) is 2.75. The molecule has 0 aliphatic heterocycles. The Kier molecular flexibility index (Phi) is 4.16. The highest BCUT2D eigenvalue weighted by Gasteiger charge is 2.33. The van der Waals surface area contributed by atoms with Crippen LogP contribution in [0.2, 0.25) is 10.0 Å². The fraction of sp³-hybridized carbons (Fsp3) is 0.538. The SMILES string of the molecule is CC1C(F)CCC1COc1cc(Cl)cc(Cl)c1. The third-order valence-electron chi connectivity index (χ3n) is 3.43. The van der Waals surface area contributed by atoms with E-state index in [-0.39, 0.29) is 11.8 Å². The Morgan fingerprint density at radius 2 is 1.88 bits per heavy atom. The molecule has 0 heterocycles. The molecule has 1 nitrogen and oxygen atoms in total. The van der Waals surface area contributed by atoms with E-state index >= 15 is 0 Å². The zero-order valence-corrected chi connectivity index (χ0v) is 11.1. The first-order chi connectivity index (χ1) is 8.06. The highest BCUT2D eigenvalue weighted by atomic mass is 35.5. The first-order valence-corrected chi connectivity index (χ1v) is 6.55. The van der Waals surface area contributed by atoms with Gasteiger partial charge in [0.1, 0.15) is 11.9 Å². The van der Waals surface area contributed by atoms with Crippen LogP contribution in [0.3, 0.4) is 0 Å². The second-order valence-corrected chi connectivity index (χ2v) is 5.50. The van der Waals surface area contributed by atoms with Crippen LogP contribution in [0.1, 0.15) is 19.8 Å². The van der Waals surface area contributed by atoms with Crippen LogP contribution in [-0.4, -0.2) is 12.8 Å². The van der Waals surface area contributed by atoms with E-state index in [1.54, 1.807) is 18.2 Å². The zero-order chi connectivity index (χ0) is 12.4. The van der Waals surface area contributed by atoms with Gasteiger partial charge in [-0.05, 0) is 42.9 Å². The first-order valence-electron chi connectivity index (χ1n) is 5.79. The second kappa shape index (κ2) is 5.45. The van der Waals surface area contributed by atoms with E-state index in [0.717, 1.165) is 6.42 Å². The lowest BCUT2D eigenvalue weighted by molar-refractivity contribution is 0.185. The van der Waals surface area contributed by atoms with Crippen molar-refractivity contribution in [3.8, 4) is 5.75 Å². The minimum absolute atomic E-state index is 0.0738. The van der Waals surface area contributed by atoms with E-state index in [0.29, 0.717) is 28.8 Å². The minimum atomic E-state index is -0.688. The molecule has 4 heteroatoms. The number of alkyl halides is 1. The Balaban J connectivity index is 1.94. The molecule has 0 radical (unpaired) electrons. The monoisotopic (exact) mass is 276 g/mol. The number of hydrogen-bond donors (Lipinski definition) is 0. The molecular weight excluding hydrogens is 262 g/mol. The molecule has 0 aromatic heterocycles. The van der Waals surface area contributed by atoms with Gasteiger partial charge in [-0.3, -0.25) is 0 Å². The lowest BCUT2D eigenvalue weighted by atomic mass is 9.98. The predicted molar refractivity (Wildman–Crippen MR) is 68.7 cm³/mol. The third kappa shape index (κ3) is 3.26. The van der Waals surface area contributed by atoms with Crippen molar-refractivity contribution in [3.05, 3.63) is 28.2 Å². The fourth-order valence-electron chi connectivity index (χ4n) is 2.24. The lowest BCUT2D eigenvalue weighted by Gasteiger charge is -2.17. The maximum atomic E-state index is 13.3. The number of benzene rings is 1. The summed E-state index contributed by atoms with van der Waals surface area (Å²) < 4.78 is 19.0. The van der Waals surface area contributed by atoms with Crippen molar-refractivity contribution in [2.45, 2.75) is 25.9 Å². The topological polar surface area (TPSA) is 9.23 Å². The standard InChI is InChI=1S/C13H15Cl2FO/c1-8-9(2-3-13(8)16)7-17-12-5-10(14)4-11(15)6-12/h4-6,8-9,13H,2-3,7H2,1H3. The molecule has 0 amide bonds. The van der Waals surface area contributed by atoms with Crippen molar-refractivity contribution in [2.24, 2.45) is 11.8 Å². The van der Waals surface area contributed by atoms with Gasteiger partial charge in [-0.25, -0.2) is 4.39 Å². The molecule has 3 unspecified atom stereocenters. The number of rotatable bonds is 3. The van der Waals surface area contributed by atoms with Gasteiger partial charge in [0, 0.05) is 10.0 Å². The van der Waals surface area contributed by atoms with Crippen molar-refractivity contribution in [3.63, 3.8) is 0 Å². The molecule has 1 aliphatic carbocycles. The van der Waals surface area contributed by atoms with Crippen LogP contribution in [0.4, 0.5) is 4.39 Å². The molecule has 0 saturated heterocycles. The van der Waals surface area contributed by atoms with Crippen molar-refractivity contribution in [1.82, 2.24) is 0 Å². The molecule has 1 saturated carbocycles. The maximum absolute atomic E-state index is 13.3. The summed E-state index contributed by atoms with van der Waals surface area (Å²) in [6, 6.07) is 5.10. The van der Waals surface area contributed by atoms with E-state index in [2.05, 4.69) is 0 Å². The quantitative estimate of drug-likeness (QED) is 0.774. The van der Waals surface area contributed by atoms with Gasteiger partial charge in [-0.1, -0.05) is 30.1 Å². The Morgan fingerprint density at radius 1 is 1.24 bits per heavy atom. The number of halogens is 3. The average molecular weight is 277 g/mol. The summed E-state index contributed by atoms with van der Waals surface area (Å²) in [6.45, 7) is 2.47. The van der Waals surface area contributed by atoms with Crippen LogP contribution in [0.25, 0.3) is 0 Å². The van der Waals surface area contributed by atoms with Gasteiger partial charge in [0.2, 0.25) is 0 Å². The van der Waals surface area contributed by atoms with Crippen LogP contribution in [0.5, 0.6) is 5.75 Å². The molecule has 3 atom stereocenters. The molecule has 0 N–H and O–H groups in total. The van der Waals surface area contributed by atoms with Crippen molar-refractivity contribution in [2.75, 3.05) is 6.61 Å². The van der Waals surface area contributed by atoms with Crippen LogP contribution >= 0.6 is 23.2 Å².